The van der Waals surface area contributed by atoms with Gasteiger partial charge in [-0.1, -0.05) is 0 Å². The van der Waals surface area contributed by atoms with Gasteiger partial charge in [0.15, 0.2) is 0 Å². The summed E-state index contributed by atoms with van der Waals surface area (Å²) in [4.78, 5) is 11.2. The first-order valence-electron chi connectivity index (χ1n) is 9.53. The summed E-state index contributed by atoms with van der Waals surface area (Å²) < 4.78 is 12.7. The molecule has 29 heavy (non-hydrogen) atoms. The van der Waals surface area contributed by atoms with Gasteiger partial charge in [-0.25, -0.2) is 9.48 Å². The van der Waals surface area contributed by atoms with Gasteiger partial charge < -0.3 is 19.9 Å². The fourth-order valence-electron chi connectivity index (χ4n) is 3.61. The molecule has 3 aromatic rings. The summed E-state index contributed by atoms with van der Waals surface area (Å²) in [6, 6.07) is 12.5. The fourth-order valence-corrected chi connectivity index (χ4v) is 3.61. The Morgan fingerprint density at radius 2 is 1.76 bits per heavy atom. The van der Waals surface area contributed by atoms with Crippen LogP contribution in [0.3, 0.4) is 0 Å². The molecule has 1 aliphatic rings. The molecule has 0 radical (unpaired) electrons. The van der Waals surface area contributed by atoms with E-state index in [2.05, 4.69) is 5.32 Å². The SMILES string of the molecule is COc1cc(OC)cc(-c2nn(-c3ccc(C(=O)O)cc3)c3c2CCCCN3)c1. The summed E-state index contributed by atoms with van der Waals surface area (Å²) in [6.07, 6.45) is 3.05. The van der Waals surface area contributed by atoms with Gasteiger partial charge in [-0.3, -0.25) is 0 Å². The number of aromatic carboxylic acids is 1. The van der Waals surface area contributed by atoms with Gasteiger partial charge in [0.25, 0.3) is 0 Å². The number of nitrogens with zero attached hydrogens (tertiary/aromatic N) is 2. The van der Waals surface area contributed by atoms with Gasteiger partial charge in [-0.15, -0.1) is 0 Å². The summed E-state index contributed by atoms with van der Waals surface area (Å²) in [7, 11) is 3.26. The van der Waals surface area contributed by atoms with Crippen LogP contribution >= 0.6 is 0 Å². The lowest BCUT2D eigenvalue weighted by Gasteiger charge is -2.09. The number of rotatable bonds is 5. The van der Waals surface area contributed by atoms with Crippen LogP contribution in [0.15, 0.2) is 42.5 Å². The largest absolute Gasteiger partial charge is 0.497 e. The Hall–Kier alpha value is -3.48. The molecule has 2 aromatic carbocycles. The second kappa shape index (κ2) is 7.87. The third-order valence-corrected chi connectivity index (χ3v) is 5.11. The summed E-state index contributed by atoms with van der Waals surface area (Å²) >= 11 is 0. The number of fused-ring (bicyclic) bond motifs is 1. The fraction of sp³-hybridized carbons (Fsp3) is 0.273. The molecule has 0 amide bonds. The third kappa shape index (κ3) is 3.63. The average molecular weight is 393 g/mol. The van der Waals surface area contributed by atoms with E-state index in [1.807, 2.05) is 22.9 Å². The van der Waals surface area contributed by atoms with E-state index in [-0.39, 0.29) is 5.56 Å². The van der Waals surface area contributed by atoms with Crippen LogP contribution in [0, 0.1) is 0 Å². The zero-order valence-corrected chi connectivity index (χ0v) is 16.4. The molecule has 150 valence electrons. The van der Waals surface area contributed by atoms with Crippen LogP contribution in [-0.4, -0.2) is 41.6 Å². The highest BCUT2D eigenvalue weighted by atomic mass is 16.5. The quantitative estimate of drug-likeness (QED) is 0.681. The molecule has 0 spiro atoms. The third-order valence-electron chi connectivity index (χ3n) is 5.11. The molecule has 0 saturated heterocycles. The maximum atomic E-state index is 11.2. The van der Waals surface area contributed by atoms with E-state index in [9.17, 15) is 4.79 Å². The Morgan fingerprint density at radius 3 is 2.38 bits per heavy atom. The summed E-state index contributed by atoms with van der Waals surface area (Å²) in [6.45, 7) is 0.868. The van der Waals surface area contributed by atoms with E-state index in [1.165, 1.54) is 0 Å². The Kier molecular flexibility index (Phi) is 5.12. The number of carbonyl (C=O) groups is 1. The molecule has 0 fully saturated rings. The first-order chi connectivity index (χ1) is 14.1. The predicted octanol–water partition coefficient (Wildman–Crippen LogP) is 4.00. The number of ether oxygens (including phenoxy) is 2. The van der Waals surface area contributed by atoms with Crippen molar-refractivity contribution in [1.29, 1.82) is 0 Å². The predicted molar refractivity (Wildman–Crippen MR) is 110 cm³/mol. The topological polar surface area (TPSA) is 85.6 Å². The molecule has 1 aliphatic heterocycles. The van der Waals surface area contributed by atoms with Crippen LogP contribution < -0.4 is 14.8 Å². The molecule has 4 rings (SSSR count). The summed E-state index contributed by atoms with van der Waals surface area (Å²) in [5.74, 6) is 1.41. The van der Waals surface area contributed by atoms with E-state index in [0.717, 1.165) is 54.1 Å². The van der Waals surface area contributed by atoms with Crippen molar-refractivity contribution >= 4 is 11.8 Å². The van der Waals surface area contributed by atoms with Gasteiger partial charge in [0.05, 0.1) is 31.2 Å². The highest BCUT2D eigenvalue weighted by molar-refractivity contribution is 5.87. The van der Waals surface area contributed by atoms with Crippen molar-refractivity contribution in [3.8, 4) is 28.4 Å². The number of carboxylic acid groups (broad SMARTS) is 1. The smallest absolute Gasteiger partial charge is 0.335 e. The maximum absolute atomic E-state index is 11.2. The number of hydrogen-bond donors (Lipinski definition) is 2. The van der Waals surface area contributed by atoms with Gasteiger partial charge in [0.1, 0.15) is 17.3 Å². The van der Waals surface area contributed by atoms with Crippen molar-refractivity contribution in [2.45, 2.75) is 19.3 Å². The van der Waals surface area contributed by atoms with Crippen LogP contribution in [0.5, 0.6) is 11.5 Å². The van der Waals surface area contributed by atoms with Crippen LogP contribution in [0.4, 0.5) is 5.82 Å². The van der Waals surface area contributed by atoms with E-state index >= 15 is 0 Å². The molecule has 0 atom stereocenters. The first-order valence-corrected chi connectivity index (χ1v) is 9.53. The number of benzene rings is 2. The molecule has 0 unspecified atom stereocenters. The second-order valence-corrected chi connectivity index (χ2v) is 6.92. The van der Waals surface area contributed by atoms with Gasteiger partial charge in [-0.05, 0) is 55.7 Å². The lowest BCUT2D eigenvalue weighted by molar-refractivity contribution is 0.0697. The number of carboxylic acids is 1. The average Bonchev–Trinajstić information content (AvgIpc) is 2.94. The number of hydrogen-bond acceptors (Lipinski definition) is 5. The molecular weight excluding hydrogens is 370 g/mol. The first kappa shape index (κ1) is 18.9. The molecule has 7 heteroatoms. The molecule has 0 saturated carbocycles. The molecule has 2 heterocycles. The lowest BCUT2D eigenvalue weighted by atomic mass is 10.0. The number of aromatic nitrogens is 2. The minimum atomic E-state index is -0.946. The lowest BCUT2D eigenvalue weighted by Crippen LogP contribution is -2.07. The number of anilines is 1. The van der Waals surface area contributed by atoms with E-state index < -0.39 is 5.97 Å². The van der Waals surface area contributed by atoms with Gasteiger partial charge in [0.2, 0.25) is 0 Å². The van der Waals surface area contributed by atoms with Crippen molar-refractivity contribution in [1.82, 2.24) is 9.78 Å². The monoisotopic (exact) mass is 393 g/mol. The number of methoxy groups -OCH3 is 2. The van der Waals surface area contributed by atoms with Crippen molar-refractivity contribution in [2.75, 3.05) is 26.1 Å². The molecule has 7 nitrogen and oxygen atoms in total. The van der Waals surface area contributed by atoms with E-state index in [1.54, 1.807) is 38.5 Å². The Bertz CT molecular complexity index is 1020. The molecule has 0 bridgehead atoms. The van der Waals surface area contributed by atoms with Crippen LogP contribution in [-0.2, 0) is 6.42 Å². The highest BCUT2D eigenvalue weighted by Gasteiger charge is 2.22. The Morgan fingerprint density at radius 1 is 1.07 bits per heavy atom. The van der Waals surface area contributed by atoms with Crippen LogP contribution in [0.1, 0.15) is 28.8 Å². The van der Waals surface area contributed by atoms with Crippen LogP contribution in [0.2, 0.25) is 0 Å². The minimum absolute atomic E-state index is 0.248. The standard InChI is InChI=1S/C22H23N3O4/c1-28-17-11-15(12-18(13-17)29-2)20-19-5-3-4-10-23-21(19)25(24-20)16-8-6-14(7-9-16)22(26)27/h6-9,11-13,23H,3-5,10H2,1-2H3,(H,26,27). The highest BCUT2D eigenvalue weighted by Crippen LogP contribution is 2.37. The maximum Gasteiger partial charge on any atom is 0.335 e. The minimum Gasteiger partial charge on any atom is -0.497 e. The van der Waals surface area contributed by atoms with E-state index in [0.29, 0.717) is 11.5 Å². The Balaban J connectivity index is 1.87. The zero-order valence-electron chi connectivity index (χ0n) is 16.4. The van der Waals surface area contributed by atoms with Gasteiger partial charge in [-0.2, -0.15) is 5.10 Å². The van der Waals surface area contributed by atoms with Crippen molar-refractivity contribution in [3.05, 3.63) is 53.6 Å². The second-order valence-electron chi connectivity index (χ2n) is 6.92. The number of nitrogens with one attached hydrogen (secondary N) is 1. The van der Waals surface area contributed by atoms with Crippen LogP contribution in [0.25, 0.3) is 16.9 Å². The van der Waals surface area contributed by atoms with Crippen molar-refractivity contribution < 1.29 is 19.4 Å². The zero-order chi connectivity index (χ0) is 20.4. The van der Waals surface area contributed by atoms with Crippen molar-refractivity contribution in [3.63, 3.8) is 0 Å². The van der Waals surface area contributed by atoms with Gasteiger partial charge >= 0.3 is 5.97 Å². The summed E-state index contributed by atoms with van der Waals surface area (Å²) in [5, 5.41) is 17.6. The molecule has 2 N–H and O–H groups in total. The normalized spacial score (nSPS) is 13.2. The summed E-state index contributed by atoms with van der Waals surface area (Å²) in [5.41, 5.74) is 3.98. The molecule has 1 aromatic heterocycles. The van der Waals surface area contributed by atoms with Gasteiger partial charge in [0, 0.05) is 23.7 Å². The Labute approximate surface area is 168 Å². The molecular formula is C22H23N3O4. The van der Waals surface area contributed by atoms with E-state index in [4.69, 9.17) is 19.7 Å². The van der Waals surface area contributed by atoms with Crippen molar-refractivity contribution in [2.24, 2.45) is 0 Å². The molecule has 0 aliphatic carbocycles.